The van der Waals surface area contributed by atoms with E-state index in [0.29, 0.717) is 12.1 Å². The number of urea groups is 1. The first-order valence-electron chi connectivity index (χ1n) is 5.55. The molecule has 1 aromatic rings. The van der Waals surface area contributed by atoms with Crippen LogP contribution in [0.15, 0.2) is 24.3 Å². The normalized spacial score (nSPS) is 11.1. The predicted molar refractivity (Wildman–Crippen MR) is 66.5 cm³/mol. The number of hydrogen-bond donors (Lipinski definition) is 1. The number of nitrogens with one attached hydrogen (secondary N) is 1. The van der Waals surface area contributed by atoms with Gasteiger partial charge in [0, 0.05) is 26.1 Å². The summed E-state index contributed by atoms with van der Waals surface area (Å²) in [6.07, 6.45) is 0. The minimum Gasteiger partial charge on any atom is -0.337 e. The van der Waals surface area contributed by atoms with Crippen LogP contribution in [0.2, 0.25) is 0 Å². The van der Waals surface area contributed by atoms with Crippen molar-refractivity contribution >= 4 is 6.03 Å². The molecule has 0 radical (unpaired) electrons. The van der Waals surface area contributed by atoms with E-state index in [2.05, 4.69) is 5.32 Å². The average molecular weight is 238 g/mol. The molecule has 3 nitrogen and oxygen atoms in total. The monoisotopic (exact) mass is 238 g/mol. The Labute approximate surface area is 102 Å². The van der Waals surface area contributed by atoms with E-state index in [0.717, 1.165) is 0 Å². The Bertz CT molecular complexity index is 402. The highest BCUT2D eigenvalue weighted by molar-refractivity contribution is 5.73. The van der Waals surface area contributed by atoms with E-state index < -0.39 is 5.41 Å². The Morgan fingerprint density at radius 2 is 1.94 bits per heavy atom. The molecule has 1 rings (SSSR count). The van der Waals surface area contributed by atoms with Crippen LogP contribution >= 0.6 is 0 Å². The molecule has 94 valence electrons. The Balaban J connectivity index is 2.76. The van der Waals surface area contributed by atoms with Gasteiger partial charge in [0.2, 0.25) is 0 Å². The Morgan fingerprint density at radius 1 is 1.35 bits per heavy atom. The summed E-state index contributed by atoms with van der Waals surface area (Å²) in [6.45, 7) is 4.20. The minimum atomic E-state index is -0.434. The molecule has 0 spiro atoms. The summed E-state index contributed by atoms with van der Waals surface area (Å²) >= 11 is 0. The maximum atomic E-state index is 13.6. The van der Waals surface area contributed by atoms with Gasteiger partial charge in [0.25, 0.3) is 0 Å². The first kappa shape index (κ1) is 13.5. The van der Waals surface area contributed by atoms with Crippen molar-refractivity contribution in [1.29, 1.82) is 0 Å². The van der Waals surface area contributed by atoms with Crippen LogP contribution in [0.1, 0.15) is 19.4 Å². The summed E-state index contributed by atoms with van der Waals surface area (Å²) in [5, 5.41) is 2.77. The molecule has 0 aliphatic rings. The Kier molecular flexibility index (Phi) is 4.10. The molecular weight excluding hydrogens is 219 g/mol. The molecule has 0 atom stereocenters. The van der Waals surface area contributed by atoms with Crippen molar-refractivity contribution in [2.75, 3.05) is 20.6 Å². The van der Waals surface area contributed by atoms with Gasteiger partial charge in [0.15, 0.2) is 0 Å². The van der Waals surface area contributed by atoms with E-state index in [1.54, 1.807) is 32.3 Å². The first-order chi connectivity index (χ1) is 7.84. The lowest BCUT2D eigenvalue weighted by atomic mass is 9.84. The van der Waals surface area contributed by atoms with Crippen LogP contribution in [0.4, 0.5) is 9.18 Å². The van der Waals surface area contributed by atoms with Crippen molar-refractivity contribution in [3.63, 3.8) is 0 Å². The molecule has 17 heavy (non-hydrogen) atoms. The van der Waals surface area contributed by atoms with Crippen molar-refractivity contribution in [3.8, 4) is 0 Å². The summed E-state index contributed by atoms with van der Waals surface area (Å²) < 4.78 is 13.6. The zero-order chi connectivity index (χ0) is 13.1. The van der Waals surface area contributed by atoms with Crippen LogP contribution in [0.3, 0.4) is 0 Å². The molecule has 0 aromatic heterocycles. The summed E-state index contributed by atoms with van der Waals surface area (Å²) in [6, 6.07) is 6.47. The highest BCUT2D eigenvalue weighted by Crippen LogP contribution is 2.24. The third kappa shape index (κ3) is 3.44. The van der Waals surface area contributed by atoms with Crippen LogP contribution in [-0.2, 0) is 5.41 Å². The van der Waals surface area contributed by atoms with E-state index in [9.17, 15) is 9.18 Å². The minimum absolute atomic E-state index is 0.172. The fraction of sp³-hybridized carbons (Fsp3) is 0.462. The van der Waals surface area contributed by atoms with Crippen molar-refractivity contribution in [2.24, 2.45) is 0 Å². The Morgan fingerprint density at radius 3 is 2.47 bits per heavy atom. The number of carbonyl (C=O) groups is 1. The predicted octanol–water partition coefficient (Wildman–Crippen LogP) is 2.37. The van der Waals surface area contributed by atoms with E-state index >= 15 is 0 Å². The van der Waals surface area contributed by atoms with Crippen molar-refractivity contribution in [2.45, 2.75) is 19.3 Å². The standard InChI is InChI=1S/C13H19FN2O/c1-13(2,9-15-12(17)16(3)4)10-7-5-6-8-11(10)14/h5-8H,9H2,1-4H3,(H,15,17). The maximum Gasteiger partial charge on any atom is 0.316 e. The number of hydrogen-bond acceptors (Lipinski definition) is 1. The van der Waals surface area contributed by atoms with Crippen LogP contribution in [-0.4, -0.2) is 31.6 Å². The van der Waals surface area contributed by atoms with Gasteiger partial charge in [-0.05, 0) is 11.6 Å². The molecule has 0 bridgehead atoms. The maximum absolute atomic E-state index is 13.6. The molecular formula is C13H19FN2O. The quantitative estimate of drug-likeness (QED) is 0.861. The SMILES string of the molecule is CN(C)C(=O)NCC(C)(C)c1ccccc1F. The average Bonchev–Trinajstić information content (AvgIpc) is 2.26. The topological polar surface area (TPSA) is 32.3 Å². The van der Waals surface area contributed by atoms with Gasteiger partial charge in [-0.15, -0.1) is 0 Å². The van der Waals surface area contributed by atoms with Crippen LogP contribution in [0.25, 0.3) is 0 Å². The van der Waals surface area contributed by atoms with Crippen LogP contribution in [0.5, 0.6) is 0 Å². The zero-order valence-electron chi connectivity index (χ0n) is 10.7. The molecule has 0 fully saturated rings. The van der Waals surface area contributed by atoms with Gasteiger partial charge in [0.1, 0.15) is 5.82 Å². The summed E-state index contributed by atoms with van der Waals surface area (Å²) in [4.78, 5) is 12.9. The largest absolute Gasteiger partial charge is 0.337 e. The van der Waals surface area contributed by atoms with E-state index in [-0.39, 0.29) is 11.8 Å². The van der Waals surface area contributed by atoms with E-state index in [1.807, 2.05) is 13.8 Å². The van der Waals surface area contributed by atoms with Crippen molar-refractivity contribution in [3.05, 3.63) is 35.6 Å². The summed E-state index contributed by atoms with van der Waals surface area (Å²) in [5.74, 6) is -0.239. The summed E-state index contributed by atoms with van der Waals surface area (Å²) in [7, 11) is 3.34. The van der Waals surface area contributed by atoms with Gasteiger partial charge in [-0.25, -0.2) is 9.18 Å². The fourth-order valence-electron chi connectivity index (χ4n) is 1.56. The third-order valence-electron chi connectivity index (χ3n) is 2.69. The van der Waals surface area contributed by atoms with Gasteiger partial charge < -0.3 is 10.2 Å². The second-order valence-electron chi connectivity index (χ2n) is 4.92. The van der Waals surface area contributed by atoms with Gasteiger partial charge in [-0.2, -0.15) is 0 Å². The lowest BCUT2D eigenvalue weighted by Crippen LogP contribution is -2.42. The van der Waals surface area contributed by atoms with Crippen molar-refractivity contribution in [1.82, 2.24) is 10.2 Å². The summed E-state index contributed by atoms with van der Waals surface area (Å²) in [5.41, 5.74) is 0.177. The number of amides is 2. The molecule has 4 heteroatoms. The molecule has 2 amide bonds. The molecule has 0 aliphatic carbocycles. The highest BCUT2D eigenvalue weighted by atomic mass is 19.1. The smallest absolute Gasteiger partial charge is 0.316 e. The third-order valence-corrected chi connectivity index (χ3v) is 2.69. The number of rotatable bonds is 3. The lowest BCUT2D eigenvalue weighted by Gasteiger charge is -2.27. The van der Waals surface area contributed by atoms with Gasteiger partial charge >= 0.3 is 6.03 Å². The van der Waals surface area contributed by atoms with E-state index in [4.69, 9.17) is 0 Å². The Hall–Kier alpha value is -1.58. The molecule has 0 aliphatic heterocycles. The number of benzene rings is 1. The first-order valence-corrected chi connectivity index (χ1v) is 5.55. The molecule has 0 saturated carbocycles. The molecule has 1 N–H and O–H groups in total. The van der Waals surface area contributed by atoms with E-state index in [1.165, 1.54) is 11.0 Å². The van der Waals surface area contributed by atoms with Crippen molar-refractivity contribution < 1.29 is 9.18 Å². The number of carbonyl (C=O) groups excluding carboxylic acids is 1. The second kappa shape index (κ2) is 5.17. The van der Waals surface area contributed by atoms with Crippen LogP contribution in [0, 0.1) is 5.82 Å². The lowest BCUT2D eigenvalue weighted by molar-refractivity contribution is 0.214. The molecule has 0 heterocycles. The number of nitrogens with zero attached hydrogens (tertiary/aromatic N) is 1. The molecule has 0 saturated heterocycles. The molecule has 1 aromatic carbocycles. The second-order valence-corrected chi connectivity index (χ2v) is 4.92. The van der Waals surface area contributed by atoms with Gasteiger partial charge in [-0.3, -0.25) is 0 Å². The van der Waals surface area contributed by atoms with Gasteiger partial charge in [-0.1, -0.05) is 32.0 Å². The fourth-order valence-corrected chi connectivity index (χ4v) is 1.56. The number of halogens is 1. The highest BCUT2D eigenvalue weighted by Gasteiger charge is 2.24. The van der Waals surface area contributed by atoms with Gasteiger partial charge in [0.05, 0.1) is 0 Å². The zero-order valence-corrected chi connectivity index (χ0v) is 10.7. The molecule has 0 unspecified atom stereocenters. The van der Waals surface area contributed by atoms with Crippen LogP contribution < -0.4 is 5.32 Å².